The lowest BCUT2D eigenvalue weighted by atomic mass is 9.96. The molecule has 0 aliphatic carbocycles. The van der Waals surface area contributed by atoms with Gasteiger partial charge in [0.25, 0.3) is 0 Å². The van der Waals surface area contributed by atoms with E-state index in [1.54, 1.807) is 18.5 Å². The number of sulfonamides is 1. The average molecular weight is 400 g/mol. The molecule has 0 saturated carbocycles. The van der Waals surface area contributed by atoms with Gasteiger partial charge in [-0.1, -0.05) is 11.6 Å². The second kappa shape index (κ2) is 5.63. The molecule has 2 N–H and O–H groups in total. The lowest BCUT2D eigenvalue weighted by Crippen LogP contribution is -2.56. The SMILES string of the molecule is CN1C(N)=N[C@@]2(c3sc(-c4cncnc4)cc3Cl)COCC2S1(=O)=O. The molecule has 1 saturated heterocycles. The third-order valence-electron chi connectivity index (χ3n) is 4.43. The number of nitrogens with zero attached hydrogens (tertiary/aromatic N) is 4. The fraction of sp³-hybridized carbons (Fsp3) is 0.357. The van der Waals surface area contributed by atoms with Crippen molar-refractivity contribution in [1.82, 2.24) is 14.3 Å². The van der Waals surface area contributed by atoms with E-state index in [2.05, 4.69) is 15.0 Å². The largest absolute Gasteiger partial charge is 0.377 e. The van der Waals surface area contributed by atoms with Crippen molar-refractivity contribution in [2.24, 2.45) is 10.7 Å². The molecule has 1 fully saturated rings. The van der Waals surface area contributed by atoms with Crippen LogP contribution in [0.25, 0.3) is 10.4 Å². The van der Waals surface area contributed by atoms with E-state index in [-0.39, 0.29) is 19.2 Å². The minimum atomic E-state index is -3.69. The lowest BCUT2D eigenvalue weighted by molar-refractivity contribution is 0.179. The van der Waals surface area contributed by atoms with Gasteiger partial charge >= 0.3 is 0 Å². The van der Waals surface area contributed by atoms with Crippen molar-refractivity contribution in [3.8, 4) is 10.4 Å². The molecule has 0 aromatic carbocycles. The second-order valence-electron chi connectivity index (χ2n) is 5.83. The minimum absolute atomic E-state index is 0.0431. The van der Waals surface area contributed by atoms with Crippen LogP contribution in [0.5, 0.6) is 0 Å². The number of rotatable bonds is 2. The van der Waals surface area contributed by atoms with Crippen LogP contribution in [0.3, 0.4) is 0 Å². The van der Waals surface area contributed by atoms with Crippen LogP contribution in [0, 0.1) is 0 Å². The number of ether oxygens (including phenoxy) is 1. The molecule has 0 amide bonds. The molecule has 132 valence electrons. The summed E-state index contributed by atoms with van der Waals surface area (Å²) >= 11 is 7.82. The maximum atomic E-state index is 12.8. The summed E-state index contributed by atoms with van der Waals surface area (Å²) in [6.45, 7) is 0.151. The molecule has 2 aromatic rings. The van der Waals surface area contributed by atoms with E-state index in [1.165, 1.54) is 24.7 Å². The number of hydrogen-bond acceptors (Lipinski definition) is 8. The normalized spacial score (nSPS) is 27.8. The van der Waals surface area contributed by atoms with Crippen LogP contribution in [-0.2, 0) is 20.3 Å². The van der Waals surface area contributed by atoms with Gasteiger partial charge in [-0.15, -0.1) is 11.3 Å². The van der Waals surface area contributed by atoms with E-state index >= 15 is 0 Å². The summed E-state index contributed by atoms with van der Waals surface area (Å²) in [5, 5.41) is -0.441. The van der Waals surface area contributed by atoms with Gasteiger partial charge in [0, 0.05) is 29.9 Å². The van der Waals surface area contributed by atoms with Crippen molar-refractivity contribution in [2.75, 3.05) is 20.3 Å². The molecule has 8 nitrogen and oxygen atoms in total. The summed E-state index contributed by atoms with van der Waals surface area (Å²) in [6.07, 6.45) is 4.78. The first-order chi connectivity index (χ1) is 11.9. The van der Waals surface area contributed by atoms with Gasteiger partial charge in [0.1, 0.15) is 17.1 Å². The highest BCUT2D eigenvalue weighted by molar-refractivity contribution is 7.90. The first-order valence-corrected chi connectivity index (χ1v) is 10.0. The first kappa shape index (κ1) is 16.7. The zero-order chi connectivity index (χ0) is 17.8. The molecule has 0 bridgehead atoms. The van der Waals surface area contributed by atoms with Crippen LogP contribution in [0.1, 0.15) is 4.88 Å². The summed E-state index contributed by atoms with van der Waals surface area (Å²) in [5.74, 6) is -0.0733. The maximum Gasteiger partial charge on any atom is 0.245 e. The van der Waals surface area contributed by atoms with Crippen molar-refractivity contribution in [3.05, 3.63) is 34.7 Å². The summed E-state index contributed by atoms with van der Waals surface area (Å²) < 4.78 is 32.1. The Balaban J connectivity index is 1.90. The summed E-state index contributed by atoms with van der Waals surface area (Å²) in [6, 6.07) is 1.76. The minimum Gasteiger partial charge on any atom is -0.377 e. The van der Waals surface area contributed by atoms with Crippen LogP contribution < -0.4 is 5.73 Å². The molecule has 1 unspecified atom stereocenters. The van der Waals surface area contributed by atoms with Crippen LogP contribution >= 0.6 is 22.9 Å². The molecule has 2 aromatic heterocycles. The number of nitrogens with two attached hydrogens (primary N) is 1. The summed E-state index contributed by atoms with van der Waals surface area (Å²) in [4.78, 5) is 13.9. The van der Waals surface area contributed by atoms with Gasteiger partial charge in [-0.2, -0.15) is 0 Å². The number of halogens is 1. The van der Waals surface area contributed by atoms with Crippen molar-refractivity contribution in [2.45, 2.75) is 10.8 Å². The Kier molecular flexibility index (Phi) is 3.76. The van der Waals surface area contributed by atoms with Gasteiger partial charge < -0.3 is 10.5 Å². The molecule has 2 aliphatic heterocycles. The van der Waals surface area contributed by atoms with Crippen LogP contribution in [0.2, 0.25) is 5.02 Å². The van der Waals surface area contributed by atoms with E-state index in [1.807, 2.05) is 0 Å². The fourth-order valence-corrected chi connectivity index (χ4v) is 6.49. The molecule has 11 heteroatoms. The topological polar surface area (TPSA) is 111 Å². The monoisotopic (exact) mass is 399 g/mol. The smallest absolute Gasteiger partial charge is 0.245 e. The number of thiophene rings is 1. The Morgan fingerprint density at radius 1 is 1.44 bits per heavy atom. The third-order valence-corrected chi connectivity index (χ3v) is 8.38. The molecular formula is C14H14ClN5O3S2. The van der Waals surface area contributed by atoms with E-state index in [0.717, 1.165) is 14.7 Å². The van der Waals surface area contributed by atoms with Gasteiger partial charge in [0.05, 0.1) is 23.1 Å². The molecule has 0 spiro atoms. The number of fused-ring (bicyclic) bond motifs is 1. The Labute approximate surface area is 153 Å². The highest BCUT2D eigenvalue weighted by Crippen LogP contribution is 2.49. The Bertz CT molecular complexity index is 962. The third kappa shape index (κ3) is 2.35. The molecule has 0 radical (unpaired) electrons. The van der Waals surface area contributed by atoms with Gasteiger partial charge in [0.15, 0.2) is 0 Å². The zero-order valence-electron chi connectivity index (χ0n) is 13.1. The molecular weight excluding hydrogens is 386 g/mol. The van der Waals surface area contributed by atoms with Crippen LogP contribution in [0.15, 0.2) is 29.8 Å². The highest BCUT2D eigenvalue weighted by Gasteiger charge is 2.58. The number of aromatic nitrogens is 2. The van der Waals surface area contributed by atoms with E-state index < -0.39 is 20.8 Å². The van der Waals surface area contributed by atoms with Gasteiger partial charge in [-0.25, -0.2) is 27.7 Å². The van der Waals surface area contributed by atoms with Crippen molar-refractivity contribution >= 4 is 38.9 Å². The molecule has 4 rings (SSSR count). The van der Waals surface area contributed by atoms with E-state index in [4.69, 9.17) is 22.1 Å². The van der Waals surface area contributed by atoms with Crippen molar-refractivity contribution in [3.63, 3.8) is 0 Å². The lowest BCUT2D eigenvalue weighted by Gasteiger charge is -2.37. The summed E-state index contributed by atoms with van der Waals surface area (Å²) in [5.41, 5.74) is 5.54. The molecule has 25 heavy (non-hydrogen) atoms. The predicted octanol–water partition coefficient (Wildman–Crippen LogP) is 1.04. The van der Waals surface area contributed by atoms with Crippen molar-refractivity contribution in [1.29, 1.82) is 0 Å². The van der Waals surface area contributed by atoms with Crippen LogP contribution in [-0.4, -0.2) is 54.2 Å². The van der Waals surface area contributed by atoms with Gasteiger partial charge in [-0.05, 0) is 6.07 Å². The Hall–Kier alpha value is -1.75. The molecule has 4 heterocycles. The predicted molar refractivity (Wildman–Crippen MR) is 94.9 cm³/mol. The molecule has 2 atom stereocenters. The van der Waals surface area contributed by atoms with E-state index in [0.29, 0.717) is 9.90 Å². The zero-order valence-corrected chi connectivity index (χ0v) is 15.5. The maximum absolute atomic E-state index is 12.8. The Morgan fingerprint density at radius 2 is 2.16 bits per heavy atom. The summed E-state index contributed by atoms with van der Waals surface area (Å²) in [7, 11) is -2.30. The van der Waals surface area contributed by atoms with E-state index in [9.17, 15) is 8.42 Å². The van der Waals surface area contributed by atoms with Crippen molar-refractivity contribution < 1.29 is 13.2 Å². The average Bonchev–Trinajstić information content (AvgIpc) is 3.19. The molecule has 2 aliphatic rings. The van der Waals surface area contributed by atoms with Crippen LogP contribution in [0.4, 0.5) is 0 Å². The quantitative estimate of drug-likeness (QED) is 0.807. The van der Waals surface area contributed by atoms with Gasteiger partial charge in [0.2, 0.25) is 16.0 Å². The first-order valence-electron chi connectivity index (χ1n) is 7.32. The fourth-order valence-electron chi connectivity index (χ4n) is 3.08. The standard InChI is InChI=1S/C14H14ClN5O3S2/c1-20-13(16)19-14(6-23-5-11(14)25(20,21)22)12-9(15)2-10(24-12)8-3-17-7-18-4-8/h2-4,7,11H,5-6H2,1H3,(H2,16,19)/t11?,14-/m0/s1. The Morgan fingerprint density at radius 3 is 2.88 bits per heavy atom. The number of hydrogen-bond donors (Lipinski definition) is 1. The number of aliphatic imine (C=N–C) groups is 1. The van der Waals surface area contributed by atoms with Gasteiger partial charge in [-0.3, -0.25) is 0 Å². The second-order valence-corrected chi connectivity index (χ2v) is 9.43. The highest BCUT2D eigenvalue weighted by atomic mass is 35.5. The number of guanidine groups is 1.